The minimum absolute atomic E-state index is 0.647. The molecule has 26 heavy (non-hydrogen) atoms. The van der Waals surface area contributed by atoms with Crippen LogP contribution >= 0.6 is 0 Å². The van der Waals surface area contributed by atoms with Gasteiger partial charge in [0.05, 0.1) is 6.61 Å². The third-order valence-electron chi connectivity index (χ3n) is 5.72. The number of rotatable bonds is 8. The molecule has 2 aliphatic heterocycles. The number of ether oxygens (including phenoxy) is 1. The lowest BCUT2D eigenvalue weighted by molar-refractivity contribution is 0.117. The van der Waals surface area contributed by atoms with Crippen molar-refractivity contribution in [3.05, 3.63) is 83.4 Å². The molecule has 2 aromatic carbocycles. The van der Waals surface area contributed by atoms with Crippen molar-refractivity contribution in [3.63, 3.8) is 0 Å². The Morgan fingerprint density at radius 2 is 1.62 bits per heavy atom. The number of nitrogens with zero attached hydrogens (tertiary/aromatic N) is 1. The van der Waals surface area contributed by atoms with Gasteiger partial charge < -0.3 is 4.74 Å². The second-order valence-corrected chi connectivity index (χ2v) is 7.63. The number of benzene rings is 2. The lowest BCUT2D eigenvalue weighted by Gasteiger charge is -2.34. The van der Waals surface area contributed by atoms with Gasteiger partial charge in [0.2, 0.25) is 0 Å². The van der Waals surface area contributed by atoms with E-state index in [2.05, 4.69) is 71.6 Å². The second-order valence-electron chi connectivity index (χ2n) is 7.63. The zero-order valence-electron chi connectivity index (χ0n) is 15.5. The van der Waals surface area contributed by atoms with Gasteiger partial charge in [-0.3, -0.25) is 4.90 Å². The first-order valence-corrected chi connectivity index (χ1v) is 9.99. The standard InChI is InChI=1S/C24H29NO/c1-3-8-20(9-4-1)18-25-23-13-14-24(25)17-22(16-23)12-7-15-26-19-21-10-5-2-6-11-21/h1-6,8-11,16,23-24H,7,12-15,17-19H2. The molecule has 4 rings (SSSR count). The van der Waals surface area contributed by atoms with E-state index in [1.54, 1.807) is 5.57 Å². The average molecular weight is 348 g/mol. The molecule has 136 valence electrons. The highest BCUT2D eigenvalue weighted by Crippen LogP contribution is 2.37. The summed E-state index contributed by atoms with van der Waals surface area (Å²) in [5.74, 6) is 0. The van der Waals surface area contributed by atoms with Gasteiger partial charge in [0.25, 0.3) is 0 Å². The zero-order valence-corrected chi connectivity index (χ0v) is 15.5. The van der Waals surface area contributed by atoms with E-state index in [-0.39, 0.29) is 0 Å². The van der Waals surface area contributed by atoms with Crippen molar-refractivity contribution >= 4 is 0 Å². The van der Waals surface area contributed by atoms with Crippen LogP contribution in [0.3, 0.4) is 0 Å². The SMILES string of the molecule is C1=C(CCCOCc2ccccc2)CC2CCC1N2Cc1ccccc1. The Balaban J connectivity index is 1.23. The minimum atomic E-state index is 0.647. The monoisotopic (exact) mass is 347 g/mol. The van der Waals surface area contributed by atoms with Crippen molar-refractivity contribution in [2.24, 2.45) is 0 Å². The Hall–Kier alpha value is -1.90. The molecule has 0 amide bonds. The van der Waals surface area contributed by atoms with Gasteiger partial charge in [-0.25, -0.2) is 0 Å². The molecule has 2 heteroatoms. The summed E-state index contributed by atoms with van der Waals surface area (Å²) in [7, 11) is 0. The summed E-state index contributed by atoms with van der Waals surface area (Å²) in [5.41, 5.74) is 4.36. The highest BCUT2D eigenvalue weighted by atomic mass is 16.5. The van der Waals surface area contributed by atoms with E-state index in [1.165, 1.54) is 36.8 Å². The normalized spacial score (nSPS) is 22.4. The summed E-state index contributed by atoms with van der Waals surface area (Å²) in [5, 5.41) is 0. The maximum Gasteiger partial charge on any atom is 0.0716 e. The fourth-order valence-electron chi connectivity index (χ4n) is 4.40. The zero-order chi connectivity index (χ0) is 17.6. The Kier molecular flexibility index (Phi) is 5.83. The minimum Gasteiger partial charge on any atom is -0.377 e. The smallest absolute Gasteiger partial charge is 0.0716 e. The van der Waals surface area contributed by atoms with Crippen LogP contribution in [0.15, 0.2) is 72.3 Å². The predicted molar refractivity (Wildman–Crippen MR) is 107 cm³/mol. The van der Waals surface area contributed by atoms with Crippen LogP contribution in [0, 0.1) is 0 Å². The second kappa shape index (κ2) is 8.66. The van der Waals surface area contributed by atoms with Crippen molar-refractivity contribution < 1.29 is 4.74 Å². The molecule has 2 bridgehead atoms. The van der Waals surface area contributed by atoms with Crippen LogP contribution < -0.4 is 0 Å². The quantitative estimate of drug-likeness (QED) is 0.472. The van der Waals surface area contributed by atoms with Crippen LogP contribution in [-0.2, 0) is 17.9 Å². The van der Waals surface area contributed by atoms with Crippen LogP contribution in [0.4, 0.5) is 0 Å². The van der Waals surface area contributed by atoms with Gasteiger partial charge in [-0.2, -0.15) is 0 Å². The molecular formula is C24H29NO. The maximum atomic E-state index is 5.84. The summed E-state index contributed by atoms with van der Waals surface area (Å²) >= 11 is 0. The lowest BCUT2D eigenvalue weighted by Crippen LogP contribution is -2.38. The van der Waals surface area contributed by atoms with Gasteiger partial charge in [0, 0.05) is 25.2 Å². The van der Waals surface area contributed by atoms with Crippen molar-refractivity contribution in [2.45, 2.75) is 57.3 Å². The molecule has 2 aromatic rings. The Morgan fingerprint density at radius 3 is 2.35 bits per heavy atom. The topological polar surface area (TPSA) is 12.5 Å². The van der Waals surface area contributed by atoms with Gasteiger partial charge in [-0.1, -0.05) is 72.3 Å². The molecule has 0 radical (unpaired) electrons. The molecule has 2 aliphatic rings. The largest absolute Gasteiger partial charge is 0.377 e. The average Bonchev–Trinajstić information content (AvgIpc) is 2.91. The van der Waals surface area contributed by atoms with Crippen LogP contribution in [0.25, 0.3) is 0 Å². The molecule has 0 aliphatic carbocycles. The van der Waals surface area contributed by atoms with Gasteiger partial charge in [-0.05, 0) is 43.2 Å². The van der Waals surface area contributed by atoms with Crippen molar-refractivity contribution in [2.75, 3.05) is 6.61 Å². The molecule has 2 atom stereocenters. The highest BCUT2D eigenvalue weighted by molar-refractivity contribution is 5.21. The fourth-order valence-corrected chi connectivity index (χ4v) is 4.40. The van der Waals surface area contributed by atoms with Crippen LogP contribution in [-0.4, -0.2) is 23.6 Å². The van der Waals surface area contributed by atoms with E-state index in [4.69, 9.17) is 4.74 Å². The number of hydrogen-bond acceptors (Lipinski definition) is 2. The summed E-state index contributed by atoms with van der Waals surface area (Å²) in [6.07, 6.45) is 8.82. The van der Waals surface area contributed by atoms with E-state index in [0.29, 0.717) is 6.04 Å². The molecule has 1 fully saturated rings. The molecule has 2 unspecified atom stereocenters. The van der Waals surface area contributed by atoms with Crippen LogP contribution in [0.1, 0.15) is 43.2 Å². The van der Waals surface area contributed by atoms with Gasteiger partial charge in [-0.15, -0.1) is 0 Å². The number of hydrogen-bond donors (Lipinski definition) is 0. The van der Waals surface area contributed by atoms with Gasteiger partial charge >= 0.3 is 0 Å². The van der Waals surface area contributed by atoms with Gasteiger partial charge in [0.15, 0.2) is 0 Å². The molecule has 0 saturated carbocycles. The van der Waals surface area contributed by atoms with E-state index in [9.17, 15) is 0 Å². The van der Waals surface area contributed by atoms with Crippen molar-refractivity contribution in [1.82, 2.24) is 4.90 Å². The number of fused-ring (bicyclic) bond motifs is 2. The Labute approximate surface area is 157 Å². The molecule has 0 spiro atoms. The Bertz CT molecular complexity index is 710. The third kappa shape index (κ3) is 4.44. The van der Waals surface area contributed by atoms with Crippen molar-refractivity contribution in [3.8, 4) is 0 Å². The first kappa shape index (κ1) is 17.5. The highest BCUT2D eigenvalue weighted by Gasteiger charge is 2.35. The summed E-state index contributed by atoms with van der Waals surface area (Å²) in [6.45, 7) is 2.69. The Morgan fingerprint density at radius 1 is 0.885 bits per heavy atom. The lowest BCUT2D eigenvalue weighted by atomic mass is 9.97. The maximum absolute atomic E-state index is 5.84. The molecule has 1 saturated heterocycles. The molecule has 2 nitrogen and oxygen atoms in total. The van der Waals surface area contributed by atoms with Crippen molar-refractivity contribution in [1.29, 1.82) is 0 Å². The van der Waals surface area contributed by atoms with E-state index < -0.39 is 0 Å². The molecule has 2 heterocycles. The molecule has 0 N–H and O–H groups in total. The summed E-state index contributed by atoms with van der Waals surface area (Å²) in [6, 6.07) is 22.7. The van der Waals surface area contributed by atoms with Gasteiger partial charge in [0.1, 0.15) is 0 Å². The summed E-state index contributed by atoms with van der Waals surface area (Å²) < 4.78 is 5.84. The van der Waals surface area contributed by atoms with E-state index >= 15 is 0 Å². The molecule has 0 aromatic heterocycles. The predicted octanol–water partition coefficient (Wildman–Crippen LogP) is 5.35. The first-order valence-electron chi connectivity index (χ1n) is 9.99. The third-order valence-corrected chi connectivity index (χ3v) is 5.72. The summed E-state index contributed by atoms with van der Waals surface area (Å²) in [4.78, 5) is 2.71. The van der Waals surface area contributed by atoms with Crippen LogP contribution in [0.5, 0.6) is 0 Å². The van der Waals surface area contributed by atoms with E-state index in [0.717, 1.165) is 32.2 Å². The fraction of sp³-hybridized carbons (Fsp3) is 0.417. The van der Waals surface area contributed by atoms with E-state index in [1.807, 2.05) is 0 Å². The first-order chi connectivity index (χ1) is 12.9. The molecular weight excluding hydrogens is 318 g/mol. The van der Waals surface area contributed by atoms with Crippen LogP contribution in [0.2, 0.25) is 0 Å².